The predicted octanol–water partition coefficient (Wildman–Crippen LogP) is 6.28. The van der Waals surface area contributed by atoms with Crippen LogP contribution in [0.25, 0.3) is 0 Å². The van der Waals surface area contributed by atoms with Crippen LogP contribution in [0.5, 0.6) is 11.5 Å². The van der Waals surface area contributed by atoms with Gasteiger partial charge in [-0.05, 0) is 102 Å². The Morgan fingerprint density at radius 2 is 1.73 bits per heavy atom. The van der Waals surface area contributed by atoms with E-state index in [9.17, 15) is 9.00 Å². The minimum atomic E-state index is -2.03. The van der Waals surface area contributed by atoms with Crippen LogP contribution < -0.4 is 14.4 Å². The topological polar surface area (TPSA) is 59.1 Å². The first-order valence-corrected chi connectivity index (χ1v) is 16.5. The second-order valence-electron chi connectivity index (χ2n) is 11.7. The third kappa shape index (κ3) is 7.64. The van der Waals surface area contributed by atoms with Crippen LogP contribution in [0.3, 0.4) is 0 Å². The Kier molecular flexibility index (Phi) is 9.37. The van der Waals surface area contributed by atoms with Crippen LogP contribution in [0.1, 0.15) is 61.5 Å². The van der Waals surface area contributed by atoms with Crippen LogP contribution in [0.4, 0.5) is 5.69 Å². The van der Waals surface area contributed by atoms with E-state index in [1.54, 1.807) is 13.4 Å². The summed E-state index contributed by atoms with van der Waals surface area (Å²) in [6.45, 7) is 11.6. The molecule has 0 aliphatic carbocycles. The first kappa shape index (κ1) is 30.5. The molecule has 7 heteroatoms. The van der Waals surface area contributed by atoms with Crippen LogP contribution in [0.2, 0.25) is 0 Å². The Morgan fingerprint density at radius 1 is 1.05 bits per heavy atom. The van der Waals surface area contributed by atoms with Crippen molar-refractivity contribution >= 4 is 27.0 Å². The number of aryl methyl sites for hydroxylation is 1. The summed E-state index contributed by atoms with van der Waals surface area (Å²) >= 11 is 0. The molecule has 0 spiro atoms. The van der Waals surface area contributed by atoms with E-state index in [-0.39, 0.29) is 11.5 Å². The summed E-state index contributed by atoms with van der Waals surface area (Å²) in [6, 6.07) is 21.8. The lowest BCUT2D eigenvalue weighted by molar-refractivity contribution is 0.0730. The van der Waals surface area contributed by atoms with Crippen molar-refractivity contribution in [3.05, 3.63) is 83.4 Å². The van der Waals surface area contributed by atoms with Gasteiger partial charge in [-0.2, -0.15) is 0 Å². The number of benzene rings is 3. The van der Waals surface area contributed by atoms with Crippen molar-refractivity contribution in [1.29, 1.82) is 0 Å². The summed E-state index contributed by atoms with van der Waals surface area (Å²) in [5.74, 6) is 5.88. The molecule has 3 aromatic carbocycles. The van der Waals surface area contributed by atoms with Gasteiger partial charge in [0.1, 0.15) is 17.1 Å². The molecule has 0 radical (unpaired) electrons. The standard InChI is InChI=1S/C24H30N2O3.C10H14OS/c1-17-16-24(2,3)29-22-9-8-18(14-21(17)22)23(27)26-12-10-25(11-13-26)19-6-5-7-20(15-19)28-4;1-4-9-5-7-10(8-6-9)12(2,3)11/h5-9,14-15,17H,10-13,16H2,1-4H3;5-8H,2,4H2,1,3H3/t17-;/m0./s1. The van der Waals surface area contributed by atoms with Gasteiger partial charge in [-0.1, -0.05) is 32.0 Å². The average Bonchev–Trinajstić information content (AvgIpc) is 2.96. The first-order valence-electron chi connectivity index (χ1n) is 14.3. The van der Waals surface area contributed by atoms with Crippen molar-refractivity contribution in [1.82, 2.24) is 4.90 Å². The van der Waals surface area contributed by atoms with Crippen LogP contribution in [0.15, 0.2) is 71.6 Å². The summed E-state index contributed by atoms with van der Waals surface area (Å²) in [4.78, 5) is 18.2. The highest BCUT2D eigenvalue weighted by Crippen LogP contribution is 2.41. The number of ether oxygens (including phenoxy) is 2. The molecule has 2 aliphatic rings. The molecule has 0 aromatic heterocycles. The highest BCUT2D eigenvalue weighted by Gasteiger charge is 2.32. The predicted molar refractivity (Wildman–Crippen MR) is 171 cm³/mol. The molecular formula is C34H44N2O4S. The van der Waals surface area contributed by atoms with Crippen molar-refractivity contribution in [3.8, 4) is 11.5 Å². The molecule has 1 fully saturated rings. The summed E-state index contributed by atoms with van der Waals surface area (Å²) in [5, 5.41) is 0. The average molecular weight is 577 g/mol. The van der Waals surface area contributed by atoms with Crippen LogP contribution >= 0.6 is 0 Å². The maximum Gasteiger partial charge on any atom is 0.253 e. The molecule has 220 valence electrons. The summed E-state index contributed by atoms with van der Waals surface area (Å²) in [6.07, 6.45) is 3.63. The zero-order valence-electron chi connectivity index (χ0n) is 25.3. The third-order valence-corrected chi connectivity index (χ3v) is 9.06. The normalized spacial score (nSPS) is 19.1. The van der Waals surface area contributed by atoms with Crippen molar-refractivity contribution in [3.63, 3.8) is 0 Å². The van der Waals surface area contributed by atoms with E-state index in [2.05, 4.69) is 44.5 Å². The molecule has 2 atom stereocenters. The fourth-order valence-corrected chi connectivity index (χ4v) is 6.23. The number of rotatable bonds is 5. The molecule has 3 aromatic rings. The highest BCUT2D eigenvalue weighted by molar-refractivity contribution is 7.99. The lowest BCUT2D eigenvalue weighted by Gasteiger charge is -2.37. The minimum Gasteiger partial charge on any atom is -0.497 e. The van der Waals surface area contributed by atoms with Crippen molar-refractivity contribution < 1.29 is 18.5 Å². The Morgan fingerprint density at radius 3 is 2.34 bits per heavy atom. The fourth-order valence-electron chi connectivity index (χ4n) is 5.52. The number of methoxy groups -OCH3 is 1. The van der Waals surface area contributed by atoms with Gasteiger partial charge in [0.2, 0.25) is 0 Å². The summed E-state index contributed by atoms with van der Waals surface area (Å²) in [5.41, 5.74) is 4.15. The van der Waals surface area contributed by atoms with Crippen molar-refractivity contribution in [2.45, 2.75) is 57.0 Å². The molecule has 0 bridgehead atoms. The van der Waals surface area contributed by atoms with Crippen LogP contribution in [-0.2, 0) is 15.9 Å². The lowest BCUT2D eigenvalue weighted by Crippen LogP contribution is -2.48. The molecule has 2 aliphatic heterocycles. The second-order valence-corrected chi connectivity index (χ2v) is 14.2. The first-order chi connectivity index (χ1) is 19.4. The molecule has 0 saturated carbocycles. The largest absolute Gasteiger partial charge is 0.497 e. The smallest absolute Gasteiger partial charge is 0.253 e. The Bertz CT molecular complexity index is 1460. The maximum absolute atomic E-state index is 13.1. The van der Waals surface area contributed by atoms with E-state index in [0.29, 0.717) is 19.0 Å². The number of hydrogen-bond donors (Lipinski definition) is 0. The van der Waals surface area contributed by atoms with E-state index in [1.807, 2.05) is 65.6 Å². The van der Waals surface area contributed by atoms with Crippen molar-refractivity contribution in [2.24, 2.45) is 0 Å². The van der Waals surface area contributed by atoms with Gasteiger partial charge in [-0.15, -0.1) is 0 Å². The molecule has 1 amide bonds. The Hall–Kier alpha value is -3.45. The molecule has 1 unspecified atom stereocenters. The van der Waals surface area contributed by atoms with E-state index in [4.69, 9.17) is 9.47 Å². The summed E-state index contributed by atoms with van der Waals surface area (Å²) < 4.78 is 22.9. The summed E-state index contributed by atoms with van der Waals surface area (Å²) in [7, 11) is -0.346. The van der Waals surface area contributed by atoms with E-state index in [1.165, 1.54) is 5.56 Å². The zero-order valence-corrected chi connectivity index (χ0v) is 26.1. The zero-order chi connectivity index (χ0) is 29.8. The monoisotopic (exact) mass is 576 g/mol. The number of carbonyl (C=O) groups excluding carboxylic acids is 1. The number of anilines is 1. The van der Waals surface area contributed by atoms with Gasteiger partial charge in [0.05, 0.1) is 7.11 Å². The molecule has 6 nitrogen and oxygen atoms in total. The minimum absolute atomic E-state index is 0.107. The van der Waals surface area contributed by atoms with Crippen LogP contribution in [-0.4, -0.2) is 66.0 Å². The Balaban J connectivity index is 0.000000271. The van der Waals surface area contributed by atoms with E-state index < -0.39 is 9.52 Å². The molecule has 41 heavy (non-hydrogen) atoms. The Labute approximate surface area is 246 Å². The van der Waals surface area contributed by atoms with Gasteiger partial charge in [0.25, 0.3) is 5.91 Å². The van der Waals surface area contributed by atoms with Gasteiger partial charge >= 0.3 is 0 Å². The maximum atomic E-state index is 13.1. The highest BCUT2D eigenvalue weighted by atomic mass is 32.2. The number of hydrogen-bond acceptors (Lipinski definition) is 5. The number of amides is 1. The quantitative estimate of drug-likeness (QED) is 0.335. The molecule has 1 saturated heterocycles. The van der Waals surface area contributed by atoms with Gasteiger partial charge in [0.15, 0.2) is 0 Å². The van der Waals surface area contributed by atoms with Gasteiger partial charge in [-0.3, -0.25) is 9.00 Å². The third-order valence-electron chi connectivity index (χ3n) is 7.79. The number of carbonyl (C=O) groups is 1. The fraction of sp³-hybridized carbons (Fsp3) is 0.412. The van der Waals surface area contributed by atoms with E-state index >= 15 is 0 Å². The SMILES string of the molecule is C=S(C)(=O)c1ccc(CC)cc1.COc1cccc(N2CCN(C(=O)c3ccc4c(c3)[C@@H](C)CC(C)(C)O4)CC2)c1. The van der Waals surface area contributed by atoms with Gasteiger partial charge < -0.3 is 19.3 Å². The lowest BCUT2D eigenvalue weighted by atomic mass is 9.85. The van der Waals surface area contributed by atoms with Gasteiger partial charge in [0, 0.05) is 54.6 Å². The van der Waals surface area contributed by atoms with Gasteiger partial charge in [-0.25, -0.2) is 0 Å². The van der Waals surface area contributed by atoms with Crippen molar-refractivity contribution in [2.75, 3.05) is 44.4 Å². The van der Waals surface area contributed by atoms with E-state index in [0.717, 1.165) is 59.1 Å². The molecule has 5 rings (SSSR count). The second kappa shape index (κ2) is 12.6. The number of fused-ring (bicyclic) bond motifs is 1. The molecule has 2 heterocycles. The molecular weight excluding hydrogens is 532 g/mol. The molecule has 0 N–H and O–H groups in total. The number of nitrogens with zero attached hydrogens (tertiary/aromatic N) is 2. The van der Waals surface area contributed by atoms with Crippen LogP contribution in [0, 0.1) is 0 Å². The number of piperazine rings is 1.